The fraction of sp³-hybridized carbons (Fsp3) is 1.00. The van der Waals surface area contributed by atoms with Gasteiger partial charge in [-0.2, -0.15) is 0 Å². The molecule has 0 unspecified atom stereocenters. The summed E-state index contributed by atoms with van der Waals surface area (Å²) in [5, 5.41) is 0. The first-order valence-electron chi connectivity index (χ1n) is 7.43. The summed E-state index contributed by atoms with van der Waals surface area (Å²) >= 11 is 0. The van der Waals surface area contributed by atoms with Gasteiger partial charge in [-0.3, -0.25) is 0 Å². The molecule has 0 heterocycles. The van der Waals surface area contributed by atoms with Crippen LogP contribution in [0.2, 0.25) is 0 Å². The standard InChI is InChI=1S/C15H27F/c1-2-3-12-4-6-13(7-5-12)14-8-10-15(16)11-9-14/h12-15H,2-11H2,1H3. The Labute approximate surface area is 100 Å². The van der Waals surface area contributed by atoms with Gasteiger partial charge in [-0.1, -0.05) is 32.6 Å². The SMILES string of the molecule is CCCC1CCC(C2CCC(F)CC2)CC1. The van der Waals surface area contributed by atoms with E-state index < -0.39 is 6.17 Å². The molecule has 2 fully saturated rings. The minimum atomic E-state index is -0.479. The first kappa shape index (κ1) is 12.4. The molecule has 1 heteroatoms. The molecule has 0 amide bonds. The summed E-state index contributed by atoms with van der Waals surface area (Å²) in [7, 11) is 0. The molecule has 0 radical (unpaired) electrons. The summed E-state index contributed by atoms with van der Waals surface area (Å²) in [6.07, 6.45) is 12.1. The lowest BCUT2D eigenvalue weighted by Gasteiger charge is -2.36. The number of hydrogen-bond acceptors (Lipinski definition) is 0. The highest BCUT2D eigenvalue weighted by Gasteiger charge is 2.30. The maximum atomic E-state index is 13.1. The topological polar surface area (TPSA) is 0 Å². The summed E-state index contributed by atoms with van der Waals surface area (Å²) in [5.74, 6) is 2.83. The fourth-order valence-electron chi connectivity index (χ4n) is 3.91. The molecule has 0 aromatic carbocycles. The van der Waals surface area contributed by atoms with Crippen LogP contribution in [0.5, 0.6) is 0 Å². The number of rotatable bonds is 3. The van der Waals surface area contributed by atoms with E-state index in [4.69, 9.17) is 0 Å². The van der Waals surface area contributed by atoms with Crippen molar-refractivity contribution in [2.45, 2.75) is 77.3 Å². The van der Waals surface area contributed by atoms with Crippen LogP contribution in [0.15, 0.2) is 0 Å². The quantitative estimate of drug-likeness (QED) is 0.626. The average molecular weight is 226 g/mol. The third kappa shape index (κ3) is 3.21. The van der Waals surface area contributed by atoms with Gasteiger partial charge in [0.25, 0.3) is 0 Å². The van der Waals surface area contributed by atoms with Crippen molar-refractivity contribution in [1.82, 2.24) is 0 Å². The molecule has 0 N–H and O–H groups in total. The first-order chi connectivity index (χ1) is 7.79. The number of alkyl halides is 1. The minimum absolute atomic E-state index is 0.479. The van der Waals surface area contributed by atoms with E-state index in [1.165, 1.54) is 51.4 Å². The van der Waals surface area contributed by atoms with Gasteiger partial charge in [0, 0.05) is 0 Å². The predicted molar refractivity (Wildman–Crippen MR) is 67.2 cm³/mol. The highest BCUT2D eigenvalue weighted by atomic mass is 19.1. The van der Waals surface area contributed by atoms with Crippen LogP contribution < -0.4 is 0 Å². The van der Waals surface area contributed by atoms with Crippen LogP contribution in [0.1, 0.15) is 71.1 Å². The first-order valence-corrected chi connectivity index (χ1v) is 7.43. The predicted octanol–water partition coefficient (Wildman–Crippen LogP) is 5.12. The smallest absolute Gasteiger partial charge is 0.100 e. The minimum Gasteiger partial charge on any atom is -0.247 e. The van der Waals surface area contributed by atoms with E-state index in [9.17, 15) is 4.39 Å². The molecular weight excluding hydrogens is 199 g/mol. The zero-order valence-electron chi connectivity index (χ0n) is 10.8. The normalized spacial score (nSPS) is 40.9. The lowest BCUT2D eigenvalue weighted by Crippen LogP contribution is -2.26. The van der Waals surface area contributed by atoms with Crippen molar-refractivity contribution in [3.63, 3.8) is 0 Å². The largest absolute Gasteiger partial charge is 0.247 e. The molecule has 0 aliphatic heterocycles. The lowest BCUT2D eigenvalue weighted by molar-refractivity contribution is 0.126. The second kappa shape index (κ2) is 6.02. The molecule has 2 aliphatic rings. The van der Waals surface area contributed by atoms with Gasteiger partial charge in [-0.05, 0) is 56.3 Å². The van der Waals surface area contributed by atoms with Crippen molar-refractivity contribution >= 4 is 0 Å². The van der Waals surface area contributed by atoms with E-state index in [2.05, 4.69) is 6.92 Å². The zero-order valence-corrected chi connectivity index (χ0v) is 10.8. The molecule has 94 valence electrons. The number of hydrogen-bond donors (Lipinski definition) is 0. The Morgan fingerprint density at radius 2 is 1.31 bits per heavy atom. The van der Waals surface area contributed by atoms with Crippen LogP contribution >= 0.6 is 0 Å². The van der Waals surface area contributed by atoms with Crippen LogP contribution in [0.4, 0.5) is 4.39 Å². The Morgan fingerprint density at radius 3 is 1.81 bits per heavy atom. The molecule has 0 aromatic rings. The second-order valence-electron chi connectivity index (χ2n) is 6.08. The second-order valence-corrected chi connectivity index (χ2v) is 6.08. The van der Waals surface area contributed by atoms with Crippen LogP contribution in [0.3, 0.4) is 0 Å². The van der Waals surface area contributed by atoms with Crippen LogP contribution in [-0.4, -0.2) is 6.17 Å². The van der Waals surface area contributed by atoms with Crippen molar-refractivity contribution in [2.75, 3.05) is 0 Å². The van der Waals surface area contributed by atoms with Crippen molar-refractivity contribution in [3.8, 4) is 0 Å². The van der Waals surface area contributed by atoms with E-state index in [-0.39, 0.29) is 0 Å². The number of halogens is 1. The summed E-state index contributed by atoms with van der Waals surface area (Å²) in [5.41, 5.74) is 0. The third-order valence-electron chi connectivity index (χ3n) is 4.96. The summed E-state index contributed by atoms with van der Waals surface area (Å²) in [6.45, 7) is 2.30. The average Bonchev–Trinajstić information content (AvgIpc) is 2.32. The Hall–Kier alpha value is -0.0700. The van der Waals surface area contributed by atoms with Crippen LogP contribution in [0.25, 0.3) is 0 Å². The van der Waals surface area contributed by atoms with Gasteiger partial charge >= 0.3 is 0 Å². The highest BCUT2D eigenvalue weighted by Crippen LogP contribution is 2.41. The van der Waals surface area contributed by atoms with E-state index in [0.717, 1.165) is 30.6 Å². The van der Waals surface area contributed by atoms with Crippen molar-refractivity contribution in [3.05, 3.63) is 0 Å². The van der Waals surface area contributed by atoms with Crippen LogP contribution in [0, 0.1) is 17.8 Å². The van der Waals surface area contributed by atoms with Gasteiger partial charge in [0.15, 0.2) is 0 Å². The summed E-state index contributed by atoms with van der Waals surface area (Å²) in [4.78, 5) is 0. The molecule has 2 rings (SSSR count). The van der Waals surface area contributed by atoms with Gasteiger partial charge in [-0.15, -0.1) is 0 Å². The van der Waals surface area contributed by atoms with Crippen molar-refractivity contribution < 1.29 is 4.39 Å². The molecule has 2 saturated carbocycles. The third-order valence-corrected chi connectivity index (χ3v) is 4.96. The fourth-order valence-corrected chi connectivity index (χ4v) is 3.91. The maximum Gasteiger partial charge on any atom is 0.100 e. The molecule has 0 aromatic heterocycles. The molecule has 0 nitrogen and oxygen atoms in total. The van der Waals surface area contributed by atoms with Gasteiger partial charge in [0.2, 0.25) is 0 Å². The molecular formula is C15H27F. The molecule has 0 bridgehead atoms. The molecule has 2 aliphatic carbocycles. The Morgan fingerprint density at radius 1 is 0.812 bits per heavy atom. The van der Waals surface area contributed by atoms with E-state index in [1.54, 1.807) is 0 Å². The summed E-state index contributed by atoms with van der Waals surface area (Å²) in [6, 6.07) is 0. The van der Waals surface area contributed by atoms with Gasteiger partial charge < -0.3 is 0 Å². The lowest BCUT2D eigenvalue weighted by atomic mass is 9.70. The van der Waals surface area contributed by atoms with Gasteiger partial charge in [0.05, 0.1) is 0 Å². The van der Waals surface area contributed by atoms with Gasteiger partial charge in [-0.25, -0.2) is 4.39 Å². The Bertz CT molecular complexity index is 186. The molecule has 16 heavy (non-hydrogen) atoms. The molecule has 0 spiro atoms. The van der Waals surface area contributed by atoms with E-state index >= 15 is 0 Å². The van der Waals surface area contributed by atoms with E-state index in [0.29, 0.717) is 0 Å². The molecule has 0 saturated heterocycles. The highest BCUT2D eigenvalue weighted by molar-refractivity contribution is 4.81. The maximum absolute atomic E-state index is 13.1. The monoisotopic (exact) mass is 226 g/mol. The summed E-state index contributed by atoms with van der Waals surface area (Å²) < 4.78 is 13.1. The van der Waals surface area contributed by atoms with E-state index in [1.807, 2.05) is 0 Å². The van der Waals surface area contributed by atoms with Crippen molar-refractivity contribution in [2.24, 2.45) is 17.8 Å². The molecule has 0 atom stereocenters. The zero-order chi connectivity index (χ0) is 11.4. The Balaban J connectivity index is 1.72. The van der Waals surface area contributed by atoms with Gasteiger partial charge in [0.1, 0.15) is 6.17 Å². The van der Waals surface area contributed by atoms with Crippen LogP contribution in [-0.2, 0) is 0 Å². The van der Waals surface area contributed by atoms with Crippen molar-refractivity contribution in [1.29, 1.82) is 0 Å². The Kier molecular flexibility index (Phi) is 4.66.